The van der Waals surface area contributed by atoms with Crippen molar-refractivity contribution in [2.24, 2.45) is 11.7 Å². The maximum absolute atomic E-state index is 5.62. The smallest absolute Gasteiger partial charge is 0.159 e. The van der Waals surface area contributed by atoms with Crippen molar-refractivity contribution in [3.8, 4) is 0 Å². The molecule has 1 saturated heterocycles. The molecule has 0 aliphatic carbocycles. The van der Waals surface area contributed by atoms with Crippen LogP contribution in [0.4, 0.5) is 5.82 Å². The molecule has 82 valence electrons. The molecule has 0 radical (unpaired) electrons. The van der Waals surface area contributed by atoms with Gasteiger partial charge < -0.3 is 10.6 Å². The summed E-state index contributed by atoms with van der Waals surface area (Å²) in [6.45, 7) is 2.76. The third-order valence-corrected chi connectivity index (χ3v) is 3.14. The number of fused-ring (bicyclic) bond motifs is 1. The zero-order chi connectivity index (χ0) is 11.0. The lowest BCUT2D eigenvalue weighted by Crippen LogP contribution is -2.50. The molecule has 1 aromatic carbocycles. The van der Waals surface area contributed by atoms with Crippen LogP contribution in [0.25, 0.3) is 10.8 Å². The molecule has 4 nitrogen and oxygen atoms in total. The summed E-state index contributed by atoms with van der Waals surface area (Å²) < 4.78 is 0. The Hall–Kier alpha value is -1.68. The van der Waals surface area contributed by atoms with E-state index >= 15 is 0 Å². The van der Waals surface area contributed by atoms with Crippen LogP contribution in [-0.4, -0.2) is 29.8 Å². The van der Waals surface area contributed by atoms with Crippen molar-refractivity contribution >= 4 is 16.6 Å². The van der Waals surface area contributed by atoms with Crippen LogP contribution in [0.2, 0.25) is 0 Å². The normalized spacial score (nSPS) is 16.4. The van der Waals surface area contributed by atoms with Crippen molar-refractivity contribution in [1.82, 2.24) is 10.2 Å². The second-order valence-corrected chi connectivity index (χ2v) is 4.26. The van der Waals surface area contributed by atoms with E-state index < -0.39 is 0 Å². The van der Waals surface area contributed by atoms with E-state index in [0.29, 0.717) is 5.92 Å². The first-order valence-electron chi connectivity index (χ1n) is 5.54. The molecule has 1 aliphatic rings. The lowest BCUT2D eigenvalue weighted by atomic mass is 10.00. The summed E-state index contributed by atoms with van der Waals surface area (Å²) in [6.07, 6.45) is 1.80. The molecule has 2 aromatic rings. The maximum atomic E-state index is 5.62. The Morgan fingerprint density at radius 2 is 2.12 bits per heavy atom. The molecule has 1 fully saturated rings. The fourth-order valence-corrected chi connectivity index (χ4v) is 2.14. The number of rotatable bonds is 2. The third-order valence-electron chi connectivity index (χ3n) is 3.14. The second-order valence-electron chi connectivity index (χ2n) is 4.26. The minimum absolute atomic E-state index is 0.612. The van der Waals surface area contributed by atoms with Crippen molar-refractivity contribution in [3.05, 3.63) is 30.5 Å². The van der Waals surface area contributed by atoms with E-state index in [2.05, 4.69) is 27.2 Å². The first-order chi connectivity index (χ1) is 7.88. The topological polar surface area (TPSA) is 55.0 Å². The highest BCUT2D eigenvalue weighted by Gasteiger charge is 2.27. The van der Waals surface area contributed by atoms with Crippen molar-refractivity contribution in [1.29, 1.82) is 0 Å². The Morgan fingerprint density at radius 1 is 1.31 bits per heavy atom. The predicted octanol–water partition coefficient (Wildman–Crippen LogP) is 1.02. The van der Waals surface area contributed by atoms with Gasteiger partial charge >= 0.3 is 0 Å². The van der Waals surface area contributed by atoms with Gasteiger partial charge in [0.2, 0.25) is 0 Å². The molecule has 1 aromatic heterocycles. The van der Waals surface area contributed by atoms with Gasteiger partial charge in [-0.25, -0.2) is 0 Å². The zero-order valence-electron chi connectivity index (χ0n) is 9.00. The van der Waals surface area contributed by atoms with Gasteiger partial charge in [0, 0.05) is 29.8 Å². The molecule has 0 atom stereocenters. The van der Waals surface area contributed by atoms with E-state index in [4.69, 9.17) is 5.73 Å². The van der Waals surface area contributed by atoms with E-state index in [1.165, 1.54) is 5.39 Å². The Morgan fingerprint density at radius 3 is 2.94 bits per heavy atom. The number of hydrogen-bond acceptors (Lipinski definition) is 4. The summed E-state index contributed by atoms with van der Waals surface area (Å²) in [5.74, 6) is 1.60. The molecule has 4 heteroatoms. The van der Waals surface area contributed by atoms with Crippen LogP contribution in [0.15, 0.2) is 30.5 Å². The standard InChI is InChI=1S/C12H14N4/c13-5-9-7-16(8-9)12-11-4-2-1-3-10(11)6-14-15-12/h1-4,6,9H,5,7-8,13H2. The van der Waals surface area contributed by atoms with Crippen molar-refractivity contribution in [2.45, 2.75) is 0 Å². The van der Waals surface area contributed by atoms with Gasteiger partial charge in [-0.1, -0.05) is 24.3 Å². The van der Waals surface area contributed by atoms with Gasteiger partial charge in [-0.15, -0.1) is 5.10 Å². The summed E-state index contributed by atoms with van der Waals surface area (Å²) in [5.41, 5.74) is 5.62. The molecule has 0 unspecified atom stereocenters. The average molecular weight is 214 g/mol. The number of hydrogen-bond donors (Lipinski definition) is 1. The summed E-state index contributed by atoms with van der Waals surface area (Å²) in [5, 5.41) is 10.6. The number of nitrogens with two attached hydrogens (primary N) is 1. The van der Waals surface area contributed by atoms with Crippen LogP contribution in [0.1, 0.15) is 0 Å². The molecule has 0 bridgehead atoms. The van der Waals surface area contributed by atoms with E-state index in [-0.39, 0.29) is 0 Å². The van der Waals surface area contributed by atoms with E-state index in [9.17, 15) is 0 Å². The SMILES string of the molecule is NCC1CN(c2nncc3ccccc23)C1. The average Bonchev–Trinajstić information content (AvgIpc) is 2.28. The van der Waals surface area contributed by atoms with Gasteiger partial charge in [0.1, 0.15) is 0 Å². The highest BCUT2D eigenvalue weighted by atomic mass is 15.3. The summed E-state index contributed by atoms with van der Waals surface area (Å²) in [6, 6.07) is 8.21. The van der Waals surface area contributed by atoms with Crippen LogP contribution in [0.5, 0.6) is 0 Å². The van der Waals surface area contributed by atoms with Crippen molar-refractivity contribution < 1.29 is 0 Å². The van der Waals surface area contributed by atoms with E-state index in [0.717, 1.165) is 30.8 Å². The van der Waals surface area contributed by atoms with Gasteiger partial charge in [0.05, 0.1) is 6.20 Å². The third kappa shape index (κ3) is 1.42. The lowest BCUT2D eigenvalue weighted by Gasteiger charge is -2.39. The van der Waals surface area contributed by atoms with Crippen LogP contribution >= 0.6 is 0 Å². The first-order valence-corrected chi connectivity index (χ1v) is 5.54. The predicted molar refractivity (Wildman–Crippen MR) is 64.3 cm³/mol. The van der Waals surface area contributed by atoms with Gasteiger partial charge in [-0.3, -0.25) is 0 Å². The lowest BCUT2D eigenvalue weighted by molar-refractivity contribution is 0.417. The Kier molecular flexibility index (Phi) is 2.22. The van der Waals surface area contributed by atoms with E-state index in [1.54, 1.807) is 6.20 Å². The molecule has 0 spiro atoms. The summed E-state index contributed by atoms with van der Waals surface area (Å²) in [4.78, 5) is 2.24. The summed E-state index contributed by atoms with van der Waals surface area (Å²) >= 11 is 0. The Labute approximate surface area is 94.1 Å². The minimum Gasteiger partial charge on any atom is -0.354 e. The molecular formula is C12H14N4. The van der Waals surface area contributed by atoms with Gasteiger partial charge in [0.25, 0.3) is 0 Å². The Balaban J connectivity index is 1.98. The largest absolute Gasteiger partial charge is 0.354 e. The summed E-state index contributed by atoms with van der Waals surface area (Å²) in [7, 11) is 0. The van der Waals surface area contributed by atoms with Crippen LogP contribution in [-0.2, 0) is 0 Å². The molecule has 0 amide bonds. The highest BCUT2D eigenvalue weighted by molar-refractivity contribution is 5.91. The molecule has 1 aliphatic heterocycles. The van der Waals surface area contributed by atoms with E-state index in [1.807, 2.05) is 12.1 Å². The molecular weight excluding hydrogens is 200 g/mol. The van der Waals surface area contributed by atoms with Gasteiger partial charge in [-0.2, -0.15) is 5.10 Å². The number of benzene rings is 1. The first kappa shape index (κ1) is 9.54. The Bertz CT molecular complexity index is 500. The fourth-order valence-electron chi connectivity index (χ4n) is 2.14. The van der Waals surface area contributed by atoms with Crippen LogP contribution in [0, 0.1) is 5.92 Å². The molecule has 3 rings (SSSR count). The zero-order valence-corrected chi connectivity index (χ0v) is 9.00. The second kappa shape index (κ2) is 3.72. The molecule has 0 saturated carbocycles. The fraction of sp³-hybridized carbons (Fsp3) is 0.333. The molecule has 16 heavy (non-hydrogen) atoms. The quantitative estimate of drug-likeness (QED) is 0.811. The maximum Gasteiger partial charge on any atom is 0.159 e. The van der Waals surface area contributed by atoms with Crippen LogP contribution in [0.3, 0.4) is 0 Å². The van der Waals surface area contributed by atoms with Crippen molar-refractivity contribution in [3.63, 3.8) is 0 Å². The van der Waals surface area contributed by atoms with Crippen LogP contribution < -0.4 is 10.6 Å². The van der Waals surface area contributed by atoms with Crippen molar-refractivity contribution in [2.75, 3.05) is 24.5 Å². The minimum atomic E-state index is 0.612. The number of aromatic nitrogens is 2. The molecule has 2 N–H and O–H groups in total. The number of anilines is 1. The highest BCUT2D eigenvalue weighted by Crippen LogP contribution is 2.28. The molecule has 2 heterocycles. The monoisotopic (exact) mass is 214 g/mol. The van der Waals surface area contributed by atoms with Gasteiger partial charge in [-0.05, 0) is 6.54 Å². The van der Waals surface area contributed by atoms with Gasteiger partial charge in [0.15, 0.2) is 5.82 Å². The number of nitrogens with zero attached hydrogens (tertiary/aromatic N) is 3.